The van der Waals surface area contributed by atoms with Crippen LogP contribution in [0.15, 0.2) is 12.1 Å². The number of methoxy groups -OCH3 is 1. The van der Waals surface area contributed by atoms with Crippen molar-refractivity contribution in [2.45, 2.75) is 25.3 Å². The van der Waals surface area contributed by atoms with Gasteiger partial charge >= 0.3 is 0 Å². The predicted octanol–water partition coefficient (Wildman–Crippen LogP) is 2.68. The standard InChI is InChI=1S/C11H14ClNO/c1-14-10-6-5-7-8(11(10)12)3-2-4-9(7)13/h5-6,9H,2-4,13H2,1H3. The molecule has 0 aromatic heterocycles. The van der Waals surface area contributed by atoms with Crippen molar-refractivity contribution in [3.63, 3.8) is 0 Å². The lowest BCUT2D eigenvalue weighted by Gasteiger charge is -2.23. The summed E-state index contributed by atoms with van der Waals surface area (Å²) in [6.07, 6.45) is 3.18. The van der Waals surface area contributed by atoms with E-state index < -0.39 is 0 Å². The normalized spacial score (nSPS) is 20.4. The molecule has 3 heteroatoms. The first-order valence-electron chi connectivity index (χ1n) is 4.85. The third kappa shape index (κ3) is 1.49. The van der Waals surface area contributed by atoms with Crippen molar-refractivity contribution in [1.29, 1.82) is 0 Å². The van der Waals surface area contributed by atoms with Crippen molar-refractivity contribution >= 4 is 11.6 Å². The van der Waals surface area contributed by atoms with Gasteiger partial charge in [0, 0.05) is 6.04 Å². The molecule has 0 aliphatic heterocycles. The third-order valence-electron chi connectivity index (χ3n) is 2.81. The molecular weight excluding hydrogens is 198 g/mol. The van der Waals surface area contributed by atoms with Crippen LogP contribution >= 0.6 is 11.6 Å². The van der Waals surface area contributed by atoms with E-state index in [0.29, 0.717) is 0 Å². The van der Waals surface area contributed by atoms with Crippen LogP contribution in [0.25, 0.3) is 0 Å². The zero-order valence-electron chi connectivity index (χ0n) is 8.22. The molecule has 14 heavy (non-hydrogen) atoms. The second-order valence-corrected chi connectivity index (χ2v) is 4.03. The summed E-state index contributed by atoms with van der Waals surface area (Å²) in [4.78, 5) is 0. The fourth-order valence-corrected chi connectivity index (χ4v) is 2.37. The molecule has 2 nitrogen and oxygen atoms in total. The van der Waals surface area contributed by atoms with E-state index in [2.05, 4.69) is 0 Å². The van der Waals surface area contributed by atoms with Gasteiger partial charge in [-0.1, -0.05) is 17.7 Å². The minimum Gasteiger partial charge on any atom is -0.495 e. The highest BCUT2D eigenvalue weighted by molar-refractivity contribution is 6.33. The van der Waals surface area contributed by atoms with E-state index in [-0.39, 0.29) is 6.04 Å². The predicted molar refractivity (Wildman–Crippen MR) is 57.9 cm³/mol. The van der Waals surface area contributed by atoms with E-state index in [1.807, 2.05) is 12.1 Å². The van der Waals surface area contributed by atoms with E-state index in [9.17, 15) is 0 Å². The van der Waals surface area contributed by atoms with Gasteiger partial charge in [0.05, 0.1) is 12.1 Å². The van der Waals surface area contributed by atoms with Crippen molar-refractivity contribution in [3.05, 3.63) is 28.3 Å². The van der Waals surface area contributed by atoms with E-state index in [1.165, 1.54) is 11.1 Å². The number of nitrogens with two attached hydrogens (primary N) is 1. The number of benzene rings is 1. The number of hydrogen-bond donors (Lipinski definition) is 1. The van der Waals surface area contributed by atoms with Crippen LogP contribution in [0, 0.1) is 0 Å². The Balaban J connectivity index is 2.52. The molecule has 0 heterocycles. The molecule has 1 aromatic carbocycles. The Morgan fingerprint density at radius 2 is 2.29 bits per heavy atom. The van der Waals surface area contributed by atoms with Crippen LogP contribution in [0.4, 0.5) is 0 Å². The maximum atomic E-state index is 6.21. The minimum atomic E-state index is 0.141. The van der Waals surface area contributed by atoms with E-state index in [1.54, 1.807) is 7.11 Å². The highest BCUT2D eigenvalue weighted by Gasteiger charge is 2.20. The maximum Gasteiger partial charge on any atom is 0.137 e. The Morgan fingerprint density at radius 1 is 1.50 bits per heavy atom. The van der Waals surface area contributed by atoms with Gasteiger partial charge in [0.15, 0.2) is 0 Å². The molecule has 1 aromatic rings. The molecule has 0 radical (unpaired) electrons. The first-order chi connectivity index (χ1) is 6.74. The summed E-state index contributed by atoms with van der Waals surface area (Å²) in [5.41, 5.74) is 8.36. The average Bonchev–Trinajstić information content (AvgIpc) is 2.20. The molecule has 0 saturated carbocycles. The van der Waals surface area contributed by atoms with Crippen molar-refractivity contribution < 1.29 is 4.74 Å². The molecule has 2 rings (SSSR count). The second kappa shape index (κ2) is 3.79. The van der Waals surface area contributed by atoms with Gasteiger partial charge in [0.25, 0.3) is 0 Å². The fraction of sp³-hybridized carbons (Fsp3) is 0.455. The molecule has 76 valence electrons. The van der Waals surface area contributed by atoms with Crippen LogP contribution in [-0.4, -0.2) is 7.11 Å². The summed E-state index contributed by atoms with van der Waals surface area (Å²) in [6, 6.07) is 4.07. The number of hydrogen-bond acceptors (Lipinski definition) is 2. The van der Waals surface area contributed by atoms with E-state index in [4.69, 9.17) is 22.1 Å². The summed E-state index contributed by atoms with van der Waals surface area (Å²) < 4.78 is 5.17. The smallest absolute Gasteiger partial charge is 0.137 e. The van der Waals surface area contributed by atoms with Crippen LogP contribution < -0.4 is 10.5 Å². The zero-order valence-corrected chi connectivity index (χ0v) is 8.97. The highest BCUT2D eigenvalue weighted by Crippen LogP contribution is 2.37. The molecule has 2 N–H and O–H groups in total. The molecule has 1 aliphatic carbocycles. The molecule has 0 bridgehead atoms. The van der Waals surface area contributed by atoms with Crippen LogP contribution in [0.5, 0.6) is 5.75 Å². The van der Waals surface area contributed by atoms with Gasteiger partial charge in [-0.2, -0.15) is 0 Å². The van der Waals surface area contributed by atoms with Gasteiger partial charge in [0.1, 0.15) is 5.75 Å². The summed E-state index contributed by atoms with van der Waals surface area (Å²) in [6.45, 7) is 0. The molecule has 0 amide bonds. The van der Waals surface area contributed by atoms with Gasteiger partial charge in [0.2, 0.25) is 0 Å². The second-order valence-electron chi connectivity index (χ2n) is 3.65. The minimum absolute atomic E-state index is 0.141. The van der Waals surface area contributed by atoms with E-state index >= 15 is 0 Å². The highest BCUT2D eigenvalue weighted by atomic mass is 35.5. The average molecular weight is 212 g/mol. The first kappa shape index (κ1) is 9.81. The summed E-state index contributed by atoms with van der Waals surface area (Å²) in [5, 5.41) is 0.736. The Bertz CT molecular complexity index is 351. The molecule has 0 fully saturated rings. The van der Waals surface area contributed by atoms with E-state index in [0.717, 1.165) is 30.0 Å². The zero-order chi connectivity index (χ0) is 10.1. The topological polar surface area (TPSA) is 35.2 Å². The lowest BCUT2D eigenvalue weighted by atomic mass is 9.88. The van der Waals surface area contributed by atoms with Crippen molar-refractivity contribution in [3.8, 4) is 5.75 Å². The summed E-state index contributed by atoms with van der Waals surface area (Å²) >= 11 is 6.21. The van der Waals surface area contributed by atoms with Crippen LogP contribution in [0.2, 0.25) is 5.02 Å². The molecule has 0 saturated heterocycles. The maximum absolute atomic E-state index is 6.21. The van der Waals surface area contributed by atoms with Gasteiger partial charge < -0.3 is 10.5 Å². The van der Waals surface area contributed by atoms with Crippen LogP contribution in [0.3, 0.4) is 0 Å². The molecular formula is C11H14ClNO. The summed E-state index contributed by atoms with van der Waals surface area (Å²) in [5.74, 6) is 0.750. The van der Waals surface area contributed by atoms with Crippen LogP contribution in [-0.2, 0) is 6.42 Å². The molecule has 1 aliphatic rings. The van der Waals surface area contributed by atoms with Gasteiger partial charge in [-0.15, -0.1) is 0 Å². The SMILES string of the molecule is COc1ccc2c(c1Cl)CCCC2N. The van der Waals surface area contributed by atoms with Crippen LogP contribution in [0.1, 0.15) is 30.0 Å². The van der Waals surface area contributed by atoms with Gasteiger partial charge in [-0.3, -0.25) is 0 Å². The number of halogens is 1. The first-order valence-corrected chi connectivity index (χ1v) is 5.22. The third-order valence-corrected chi connectivity index (χ3v) is 3.22. The number of rotatable bonds is 1. The Labute approximate surface area is 89.0 Å². The van der Waals surface area contributed by atoms with Gasteiger partial charge in [-0.05, 0) is 36.5 Å². The van der Waals surface area contributed by atoms with Gasteiger partial charge in [-0.25, -0.2) is 0 Å². The molecule has 1 unspecified atom stereocenters. The van der Waals surface area contributed by atoms with Crippen molar-refractivity contribution in [2.75, 3.05) is 7.11 Å². The Morgan fingerprint density at radius 3 is 3.00 bits per heavy atom. The molecule has 1 atom stereocenters. The number of fused-ring (bicyclic) bond motifs is 1. The quantitative estimate of drug-likeness (QED) is 0.775. The lowest BCUT2D eigenvalue weighted by molar-refractivity contribution is 0.413. The molecule has 0 spiro atoms. The lowest BCUT2D eigenvalue weighted by Crippen LogP contribution is -2.17. The monoisotopic (exact) mass is 211 g/mol. The largest absolute Gasteiger partial charge is 0.495 e. The number of ether oxygens (including phenoxy) is 1. The van der Waals surface area contributed by atoms with Crippen molar-refractivity contribution in [1.82, 2.24) is 0 Å². The summed E-state index contributed by atoms with van der Waals surface area (Å²) in [7, 11) is 1.64. The fourth-order valence-electron chi connectivity index (χ4n) is 2.03. The van der Waals surface area contributed by atoms with Crippen molar-refractivity contribution in [2.24, 2.45) is 5.73 Å². The Kier molecular flexibility index (Phi) is 2.66. The Hall–Kier alpha value is -0.730.